The molecular formula is C25H33N7O5S2. The maximum atomic E-state index is 13.5. The van der Waals surface area contributed by atoms with Gasteiger partial charge in [0.1, 0.15) is 18.1 Å². The summed E-state index contributed by atoms with van der Waals surface area (Å²) in [5.74, 6) is -2.44. The molecule has 3 aromatic rings. The first-order chi connectivity index (χ1) is 18.7. The number of thiol groups is 1. The Bertz CT molecular complexity index is 1270. The third-order valence-electron chi connectivity index (χ3n) is 6.10. The molecule has 3 amide bonds. The van der Waals surface area contributed by atoms with Gasteiger partial charge in [-0.25, -0.2) is 9.78 Å². The molecule has 0 aliphatic rings. The number of carbonyl (C=O) groups is 4. The van der Waals surface area contributed by atoms with Crippen molar-refractivity contribution in [3.05, 3.63) is 54.2 Å². The number of rotatable bonds is 15. The maximum absolute atomic E-state index is 13.5. The Kier molecular flexibility index (Phi) is 11.3. The van der Waals surface area contributed by atoms with E-state index in [1.165, 1.54) is 24.3 Å². The number of aromatic nitrogens is 3. The lowest BCUT2D eigenvalue weighted by molar-refractivity contribution is -0.142. The second-order valence-corrected chi connectivity index (χ2v) is 10.3. The number of nitrogens with two attached hydrogens (primary N) is 1. The molecule has 2 aromatic heterocycles. The van der Waals surface area contributed by atoms with Crippen molar-refractivity contribution in [3.8, 4) is 0 Å². The van der Waals surface area contributed by atoms with Crippen LogP contribution in [0.15, 0.2) is 43.0 Å². The van der Waals surface area contributed by atoms with Crippen LogP contribution in [-0.2, 0) is 32.0 Å². The predicted octanol–water partition coefficient (Wildman–Crippen LogP) is 0.225. The molecule has 0 saturated heterocycles. The lowest BCUT2D eigenvalue weighted by Gasteiger charge is -2.25. The molecular weight excluding hydrogens is 542 g/mol. The van der Waals surface area contributed by atoms with Crippen molar-refractivity contribution in [2.45, 2.75) is 43.4 Å². The molecule has 12 nitrogen and oxygen atoms in total. The molecule has 0 saturated carbocycles. The molecule has 3 rings (SSSR count). The molecule has 0 spiro atoms. The van der Waals surface area contributed by atoms with Gasteiger partial charge in [-0.15, -0.1) is 0 Å². The van der Waals surface area contributed by atoms with Crippen molar-refractivity contribution < 1.29 is 24.3 Å². The number of fused-ring (bicyclic) bond motifs is 1. The van der Waals surface area contributed by atoms with E-state index in [1.807, 2.05) is 30.5 Å². The Balaban J connectivity index is 1.87. The summed E-state index contributed by atoms with van der Waals surface area (Å²) < 4.78 is 0. The van der Waals surface area contributed by atoms with Gasteiger partial charge >= 0.3 is 5.97 Å². The number of carboxylic acid groups (broad SMARTS) is 1. The highest BCUT2D eigenvalue weighted by Crippen LogP contribution is 2.19. The van der Waals surface area contributed by atoms with Gasteiger partial charge in [0, 0.05) is 47.6 Å². The van der Waals surface area contributed by atoms with Gasteiger partial charge in [0.25, 0.3) is 0 Å². The molecule has 0 fully saturated rings. The normalized spacial score (nSPS) is 14.2. The lowest BCUT2D eigenvalue weighted by Crippen LogP contribution is -2.58. The fraction of sp³-hybridized carbons (Fsp3) is 0.400. The summed E-state index contributed by atoms with van der Waals surface area (Å²) in [6.07, 6.45) is 6.91. The van der Waals surface area contributed by atoms with E-state index in [4.69, 9.17) is 5.73 Å². The van der Waals surface area contributed by atoms with Crippen LogP contribution in [0.3, 0.4) is 0 Å². The summed E-state index contributed by atoms with van der Waals surface area (Å²) in [5.41, 5.74) is 7.98. The van der Waals surface area contributed by atoms with Crippen LogP contribution in [0.2, 0.25) is 0 Å². The summed E-state index contributed by atoms with van der Waals surface area (Å²) in [6, 6.07) is 3.21. The lowest BCUT2D eigenvalue weighted by atomic mass is 10.0. The molecule has 39 heavy (non-hydrogen) atoms. The second kappa shape index (κ2) is 14.6. The second-order valence-electron chi connectivity index (χ2n) is 8.94. The van der Waals surface area contributed by atoms with Gasteiger partial charge in [-0.05, 0) is 30.1 Å². The van der Waals surface area contributed by atoms with E-state index in [0.29, 0.717) is 11.4 Å². The first-order valence-corrected chi connectivity index (χ1v) is 14.3. The summed E-state index contributed by atoms with van der Waals surface area (Å²) in [5, 5.41) is 18.4. The average Bonchev–Trinajstić information content (AvgIpc) is 3.59. The molecule has 2 heterocycles. The molecule has 0 aliphatic carbocycles. The minimum Gasteiger partial charge on any atom is -0.480 e. The molecule has 4 atom stereocenters. The number of aliphatic carboxylic acids is 1. The van der Waals surface area contributed by atoms with Crippen molar-refractivity contribution in [3.63, 3.8) is 0 Å². The number of imidazole rings is 1. The fourth-order valence-corrected chi connectivity index (χ4v) is 4.59. The number of benzene rings is 1. The van der Waals surface area contributed by atoms with E-state index in [-0.39, 0.29) is 25.0 Å². The van der Waals surface area contributed by atoms with Crippen molar-refractivity contribution in [1.29, 1.82) is 0 Å². The summed E-state index contributed by atoms with van der Waals surface area (Å²) in [4.78, 5) is 61.2. The number of aromatic amines is 2. The third-order valence-corrected chi connectivity index (χ3v) is 7.14. The van der Waals surface area contributed by atoms with Crippen molar-refractivity contribution in [2.75, 3.05) is 17.8 Å². The Labute approximate surface area is 235 Å². The van der Waals surface area contributed by atoms with Gasteiger partial charge in [-0.1, -0.05) is 18.2 Å². The number of H-pyrrole nitrogens is 2. The zero-order valence-electron chi connectivity index (χ0n) is 21.3. The number of thioether (sulfide) groups is 1. The van der Waals surface area contributed by atoms with Crippen LogP contribution in [0.25, 0.3) is 10.9 Å². The highest BCUT2D eigenvalue weighted by Gasteiger charge is 2.31. The number of hydrogen-bond acceptors (Lipinski definition) is 8. The Hall–Kier alpha value is -3.49. The molecule has 4 unspecified atom stereocenters. The number of carbonyl (C=O) groups excluding carboxylic acids is 3. The molecule has 14 heteroatoms. The predicted molar refractivity (Wildman–Crippen MR) is 153 cm³/mol. The molecule has 8 N–H and O–H groups in total. The van der Waals surface area contributed by atoms with E-state index in [1.54, 1.807) is 6.20 Å². The first kappa shape index (κ1) is 30.1. The maximum Gasteiger partial charge on any atom is 0.326 e. The summed E-state index contributed by atoms with van der Waals surface area (Å²) in [6.45, 7) is 0. The quantitative estimate of drug-likeness (QED) is 0.118. The van der Waals surface area contributed by atoms with Crippen molar-refractivity contribution >= 4 is 59.0 Å². The molecule has 0 bridgehead atoms. The topological polar surface area (TPSA) is 195 Å². The van der Waals surface area contributed by atoms with Gasteiger partial charge in [0.2, 0.25) is 17.7 Å². The smallest absolute Gasteiger partial charge is 0.326 e. The Morgan fingerprint density at radius 3 is 2.33 bits per heavy atom. The Morgan fingerprint density at radius 2 is 1.69 bits per heavy atom. The summed E-state index contributed by atoms with van der Waals surface area (Å²) in [7, 11) is 0. The van der Waals surface area contributed by atoms with Gasteiger partial charge in [0.15, 0.2) is 0 Å². The van der Waals surface area contributed by atoms with E-state index >= 15 is 0 Å². The monoisotopic (exact) mass is 575 g/mol. The van der Waals surface area contributed by atoms with Crippen LogP contribution in [0.4, 0.5) is 0 Å². The van der Waals surface area contributed by atoms with E-state index in [9.17, 15) is 24.3 Å². The molecule has 0 aliphatic heterocycles. The minimum absolute atomic E-state index is 0.0593. The highest BCUT2D eigenvalue weighted by molar-refractivity contribution is 7.98. The molecule has 1 aromatic carbocycles. The first-order valence-electron chi connectivity index (χ1n) is 12.2. The largest absolute Gasteiger partial charge is 0.480 e. The fourth-order valence-electron chi connectivity index (χ4n) is 3.95. The number of para-hydroxylation sites is 1. The van der Waals surface area contributed by atoms with Gasteiger partial charge in [-0.3, -0.25) is 14.4 Å². The number of nitrogens with one attached hydrogen (secondary N) is 5. The van der Waals surface area contributed by atoms with Crippen molar-refractivity contribution in [2.24, 2.45) is 5.73 Å². The van der Waals surface area contributed by atoms with Crippen LogP contribution in [0.1, 0.15) is 17.7 Å². The van der Waals surface area contributed by atoms with Gasteiger partial charge < -0.3 is 36.8 Å². The average molecular weight is 576 g/mol. The van der Waals surface area contributed by atoms with Crippen LogP contribution < -0.4 is 21.7 Å². The summed E-state index contributed by atoms with van der Waals surface area (Å²) >= 11 is 5.51. The zero-order chi connectivity index (χ0) is 28.4. The van der Waals surface area contributed by atoms with Crippen LogP contribution in [0.5, 0.6) is 0 Å². The standard InChI is InChI=1S/C25H33N7O5S2/c1-39-7-6-19(25(36)37)30-23(34)20(8-14-10-28-18-5-3-2-4-16(14)18)32-24(35)21(9-15-11-27-13-29-15)31-22(33)17(26)12-38/h2-5,10-11,13,17,19-21,28,38H,6-9,12,26H2,1H3,(H,27,29)(H,30,34)(H,31,33)(H,32,35)(H,36,37). The van der Waals surface area contributed by atoms with Crippen LogP contribution >= 0.6 is 24.4 Å². The molecule has 210 valence electrons. The van der Waals surface area contributed by atoms with Crippen LogP contribution in [0, 0.1) is 0 Å². The van der Waals surface area contributed by atoms with E-state index in [0.717, 1.165) is 16.5 Å². The van der Waals surface area contributed by atoms with E-state index in [2.05, 4.69) is 43.5 Å². The number of carboxylic acids is 1. The van der Waals surface area contributed by atoms with Crippen molar-refractivity contribution in [1.82, 2.24) is 30.9 Å². The number of amides is 3. The third kappa shape index (κ3) is 8.50. The van der Waals surface area contributed by atoms with E-state index < -0.39 is 47.9 Å². The SMILES string of the molecule is CSCCC(NC(=O)C(Cc1c[nH]c2ccccc12)NC(=O)C(Cc1cnc[nH]1)NC(=O)C(N)CS)C(=O)O. The number of nitrogens with zero attached hydrogens (tertiary/aromatic N) is 1. The van der Waals surface area contributed by atoms with Gasteiger partial charge in [0.05, 0.1) is 12.4 Å². The highest BCUT2D eigenvalue weighted by atomic mass is 32.2. The Morgan fingerprint density at radius 1 is 1.03 bits per heavy atom. The zero-order valence-corrected chi connectivity index (χ0v) is 23.1. The molecule has 0 radical (unpaired) electrons. The number of hydrogen-bond donors (Lipinski definition) is 8. The minimum atomic E-state index is -1.17. The van der Waals surface area contributed by atoms with Crippen LogP contribution in [-0.4, -0.2) is 85.7 Å². The van der Waals surface area contributed by atoms with Gasteiger partial charge in [-0.2, -0.15) is 24.4 Å².